The van der Waals surface area contributed by atoms with Crippen LogP contribution in [0, 0.1) is 11.3 Å². The summed E-state index contributed by atoms with van der Waals surface area (Å²) in [7, 11) is 1.69. The molecular weight excluding hydrogens is 290 g/mol. The van der Waals surface area contributed by atoms with Crippen LogP contribution in [0.3, 0.4) is 0 Å². The molecule has 0 spiro atoms. The van der Waals surface area contributed by atoms with Crippen LogP contribution in [0.4, 0.5) is 5.69 Å². The van der Waals surface area contributed by atoms with Crippen molar-refractivity contribution in [1.82, 2.24) is 4.98 Å². The number of hydrogen-bond acceptors (Lipinski definition) is 4. The molecule has 1 fully saturated rings. The van der Waals surface area contributed by atoms with Crippen molar-refractivity contribution in [3.63, 3.8) is 0 Å². The maximum absolute atomic E-state index is 12.6. The van der Waals surface area contributed by atoms with E-state index >= 15 is 0 Å². The second-order valence-electron chi connectivity index (χ2n) is 5.58. The normalized spacial score (nSPS) is 13.7. The number of nitrogens with zero attached hydrogens (tertiary/aromatic N) is 3. The van der Waals surface area contributed by atoms with E-state index in [4.69, 9.17) is 10.00 Å². The van der Waals surface area contributed by atoms with Crippen molar-refractivity contribution in [2.24, 2.45) is 0 Å². The van der Waals surface area contributed by atoms with Gasteiger partial charge in [0.25, 0.3) is 5.91 Å². The second-order valence-corrected chi connectivity index (χ2v) is 5.58. The monoisotopic (exact) mass is 307 g/mol. The minimum Gasteiger partial charge on any atom is -0.474 e. The van der Waals surface area contributed by atoms with E-state index in [0.29, 0.717) is 22.7 Å². The highest BCUT2D eigenvalue weighted by molar-refractivity contribution is 6.05. The first-order chi connectivity index (χ1) is 11.2. The number of rotatable bonds is 4. The molecule has 0 radical (unpaired) electrons. The standard InChI is InChI=1S/C18H17N3O2/c1-21(15-5-2-4-13(10-15)12-19)18(22)14-8-9-20-17(11-14)23-16-6-3-7-16/h2,4-5,8-11,16H,3,6-7H2,1H3. The van der Waals surface area contributed by atoms with Gasteiger partial charge in [-0.25, -0.2) is 4.98 Å². The molecule has 0 aliphatic heterocycles. The summed E-state index contributed by atoms with van der Waals surface area (Å²) >= 11 is 0. The van der Waals surface area contributed by atoms with Crippen LogP contribution in [0.15, 0.2) is 42.6 Å². The summed E-state index contributed by atoms with van der Waals surface area (Å²) in [5.74, 6) is 0.320. The van der Waals surface area contributed by atoms with Crippen molar-refractivity contribution in [2.45, 2.75) is 25.4 Å². The fourth-order valence-electron chi connectivity index (χ4n) is 2.36. The van der Waals surface area contributed by atoms with Gasteiger partial charge in [-0.15, -0.1) is 0 Å². The first-order valence-corrected chi connectivity index (χ1v) is 7.58. The summed E-state index contributed by atoms with van der Waals surface area (Å²) in [4.78, 5) is 18.3. The van der Waals surface area contributed by atoms with Crippen LogP contribution in [0.2, 0.25) is 0 Å². The molecule has 1 saturated carbocycles. The van der Waals surface area contributed by atoms with Crippen molar-refractivity contribution < 1.29 is 9.53 Å². The Bertz CT molecular complexity index is 763. The van der Waals surface area contributed by atoms with Gasteiger partial charge in [-0.3, -0.25) is 4.79 Å². The molecule has 1 aromatic heterocycles. The minimum absolute atomic E-state index is 0.166. The van der Waals surface area contributed by atoms with Crippen LogP contribution < -0.4 is 9.64 Å². The first-order valence-electron chi connectivity index (χ1n) is 7.58. The summed E-state index contributed by atoms with van der Waals surface area (Å²) < 4.78 is 5.74. The molecule has 0 atom stereocenters. The number of anilines is 1. The quantitative estimate of drug-likeness (QED) is 0.870. The molecule has 0 bridgehead atoms. The number of carbonyl (C=O) groups is 1. The number of nitriles is 1. The van der Waals surface area contributed by atoms with E-state index in [9.17, 15) is 4.79 Å². The van der Waals surface area contributed by atoms with Gasteiger partial charge in [-0.05, 0) is 43.5 Å². The van der Waals surface area contributed by atoms with Crippen LogP contribution in [0.25, 0.3) is 0 Å². The Morgan fingerprint density at radius 1 is 1.35 bits per heavy atom. The Balaban J connectivity index is 1.78. The molecule has 5 nitrogen and oxygen atoms in total. The van der Waals surface area contributed by atoms with Gasteiger partial charge in [-0.2, -0.15) is 5.26 Å². The summed E-state index contributed by atoms with van der Waals surface area (Å²) in [6.07, 6.45) is 5.07. The number of benzene rings is 1. The number of amides is 1. The van der Waals surface area contributed by atoms with Crippen molar-refractivity contribution in [3.05, 3.63) is 53.7 Å². The maximum Gasteiger partial charge on any atom is 0.258 e. The number of aromatic nitrogens is 1. The molecule has 1 aliphatic rings. The smallest absolute Gasteiger partial charge is 0.258 e. The summed E-state index contributed by atoms with van der Waals surface area (Å²) in [5.41, 5.74) is 1.71. The Kier molecular flexibility index (Phi) is 4.24. The van der Waals surface area contributed by atoms with Gasteiger partial charge in [0.2, 0.25) is 5.88 Å². The van der Waals surface area contributed by atoms with Gasteiger partial charge in [0.15, 0.2) is 0 Å². The SMILES string of the molecule is CN(C(=O)c1ccnc(OC2CCC2)c1)c1cccc(C#N)c1. The van der Waals surface area contributed by atoms with Crippen molar-refractivity contribution in [3.8, 4) is 11.9 Å². The predicted molar refractivity (Wildman–Crippen MR) is 86.4 cm³/mol. The molecule has 0 N–H and O–H groups in total. The lowest BCUT2D eigenvalue weighted by atomic mass is 9.96. The third-order valence-electron chi connectivity index (χ3n) is 3.99. The number of ether oxygens (including phenoxy) is 1. The first kappa shape index (κ1) is 15.0. The molecule has 0 saturated heterocycles. The summed E-state index contributed by atoms with van der Waals surface area (Å²) in [6, 6.07) is 12.4. The average molecular weight is 307 g/mol. The second kappa shape index (κ2) is 6.49. The molecule has 5 heteroatoms. The van der Waals surface area contributed by atoms with Crippen LogP contribution in [0.5, 0.6) is 5.88 Å². The molecule has 1 heterocycles. The minimum atomic E-state index is -0.166. The van der Waals surface area contributed by atoms with Gasteiger partial charge < -0.3 is 9.64 Å². The highest BCUT2D eigenvalue weighted by Crippen LogP contribution is 2.25. The zero-order chi connectivity index (χ0) is 16.2. The lowest BCUT2D eigenvalue weighted by Gasteiger charge is -2.26. The molecule has 1 amide bonds. The molecule has 1 aromatic carbocycles. The van der Waals surface area contributed by atoms with E-state index < -0.39 is 0 Å². The maximum atomic E-state index is 12.6. The molecule has 2 aromatic rings. The van der Waals surface area contributed by atoms with Crippen LogP contribution in [-0.4, -0.2) is 24.0 Å². The van der Waals surface area contributed by atoms with Gasteiger partial charge in [-0.1, -0.05) is 6.07 Å². The predicted octanol–water partition coefficient (Wildman–Crippen LogP) is 3.16. The topological polar surface area (TPSA) is 66.2 Å². The Morgan fingerprint density at radius 2 is 2.17 bits per heavy atom. The van der Waals surface area contributed by atoms with Crippen LogP contribution >= 0.6 is 0 Å². The largest absolute Gasteiger partial charge is 0.474 e. The average Bonchev–Trinajstić information content (AvgIpc) is 2.57. The molecular formula is C18H17N3O2. The van der Waals surface area contributed by atoms with E-state index in [1.54, 1.807) is 49.6 Å². The lowest BCUT2D eigenvalue weighted by Crippen LogP contribution is -2.27. The fourth-order valence-corrected chi connectivity index (χ4v) is 2.36. The number of carbonyl (C=O) groups excluding carboxylic acids is 1. The fraction of sp³-hybridized carbons (Fsp3) is 0.278. The lowest BCUT2D eigenvalue weighted by molar-refractivity contribution is 0.0987. The van der Waals surface area contributed by atoms with Gasteiger partial charge in [0, 0.05) is 30.6 Å². The van der Waals surface area contributed by atoms with Gasteiger partial charge in [0.05, 0.1) is 11.6 Å². The molecule has 116 valence electrons. The highest BCUT2D eigenvalue weighted by Gasteiger charge is 2.21. The third-order valence-corrected chi connectivity index (χ3v) is 3.99. The summed E-state index contributed by atoms with van der Waals surface area (Å²) in [6.45, 7) is 0. The van der Waals surface area contributed by atoms with Crippen molar-refractivity contribution in [1.29, 1.82) is 5.26 Å². The number of hydrogen-bond donors (Lipinski definition) is 0. The Hall–Kier alpha value is -2.87. The van der Waals surface area contributed by atoms with Crippen LogP contribution in [-0.2, 0) is 0 Å². The third kappa shape index (κ3) is 3.32. The van der Waals surface area contributed by atoms with E-state index in [0.717, 1.165) is 12.8 Å². The highest BCUT2D eigenvalue weighted by atomic mass is 16.5. The zero-order valence-corrected chi connectivity index (χ0v) is 12.9. The molecule has 3 rings (SSSR count). The van der Waals surface area contributed by atoms with Crippen molar-refractivity contribution >= 4 is 11.6 Å². The van der Waals surface area contributed by atoms with Crippen molar-refractivity contribution in [2.75, 3.05) is 11.9 Å². The van der Waals surface area contributed by atoms with E-state index in [-0.39, 0.29) is 12.0 Å². The molecule has 0 unspecified atom stereocenters. The van der Waals surface area contributed by atoms with E-state index in [2.05, 4.69) is 11.1 Å². The Morgan fingerprint density at radius 3 is 2.87 bits per heavy atom. The molecule has 1 aliphatic carbocycles. The van der Waals surface area contributed by atoms with Gasteiger partial charge in [0.1, 0.15) is 6.10 Å². The van der Waals surface area contributed by atoms with E-state index in [1.807, 2.05) is 0 Å². The molecule has 23 heavy (non-hydrogen) atoms. The zero-order valence-electron chi connectivity index (χ0n) is 12.9. The Labute approximate surface area is 135 Å². The number of pyridine rings is 1. The van der Waals surface area contributed by atoms with Gasteiger partial charge >= 0.3 is 0 Å². The van der Waals surface area contributed by atoms with E-state index in [1.165, 1.54) is 11.3 Å². The summed E-state index contributed by atoms with van der Waals surface area (Å²) in [5, 5.41) is 8.97. The van der Waals surface area contributed by atoms with Crippen LogP contribution in [0.1, 0.15) is 35.2 Å².